The van der Waals surface area contributed by atoms with Crippen LogP contribution in [0.4, 0.5) is 0 Å². The highest BCUT2D eigenvalue weighted by Crippen LogP contribution is 2.27. The molecule has 0 saturated carbocycles. The van der Waals surface area contributed by atoms with Gasteiger partial charge in [0.05, 0.1) is 16.5 Å². The standard InChI is InChI=1S/C12H22N2O2S/c1-4-12(2,10(13)17)11(15)14-7-5-6-9(8-14)16-3/h9H,4-8H2,1-3H3,(H2,13,17). The first-order valence-corrected chi connectivity index (χ1v) is 6.48. The van der Waals surface area contributed by atoms with Crippen LogP contribution in [0.5, 0.6) is 0 Å². The van der Waals surface area contributed by atoms with Crippen molar-refractivity contribution in [2.24, 2.45) is 11.1 Å². The highest BCUT2D eigenvalue weighted by Gasteiger charge is 2.39. The second kappa shape index (κ2) is 5.78. The number of methoxy groups -OCH3 is 1. The molecule has 1 rings (SSSR count). The fourth-order valence-corrected chi connectivity index (χ4v) is 2.33. The number of likely N-dealkylation sites (tertiary alicyclic amines) is 1. The molecule has 0 aromatic heterocycles. The Labute approximate surface area is 108 Å². The summed E-state index contributed by atoms with van der Waals surface area (Å²) in [6.07, 6.45) is 2.76. The van der Waals surface area contributed by atoms with Crippen LogP contribution in [0.2, 0.25) is 0 Å². The van der Waals surface area contributed by atoms with Crippen LogP contribution >= 0.6 is 12.2 Å². The lowest BCUT2D eigenvalue weighted by Crippen LogP contribution is -2.52. The van der Waals surface area contributed by atoms with E-state index in [0.29, 0.717) is 13.0 Å². The van der Waals surface area contributed by atoms with Crippen molar-refractivity contribution in [2.75, 3.05) is 20.2 Å². The largest absolute Gasteiger partial charge is 0.392 e. The average Bonchev–Trinajstić information content (AvgIpc) is 2.36. The number of nitrogens with zero attached hydrogens (tertiary/aromatic N) is 1. The lowest BCUT2D eigenvalue weighted by Gasteiger charge is -2.37. The summed E-state index contributed by atoms with van der Waals surface area (Å²) in [4.78, 5) is 14.6. The molecule has 98 valence electrons. The van der Waals surface area contributed by atoms with Crippen LogP contribution in [0.3, 0.4) is 0 Å². The molecule has 1 fully saturated rings. The number of hydrogen-bond donors (Lipinski definition) is 1. The Morgan fingerprint density at radius 1 is 1.65 bits per heavy atom. The molecule has 2 atom stereocenters. The number of ether oxygens (including phenoxy) is 1. The zero-order valence-corrected chi connectivity index (χ0v) is 11.7. The lowest BCUT2D eigenvalue weighted by molar-refractivity contribution is -0.141. The van der Waals surface area contributed by atoms with Gasteiger partial charge in [0.2, 0.25) is 5.91 Å². The zero-order chi connectivity index (χ0) is 13.1. The quantitative estimate of drug-likeness (QED) is 0.773. The van der Waals surface area contributed by atoms with E-state index < -0.39 is 5.41 Å². The molecule has 0 spiro atoms. The Morgan fingerprint density at radius 2 is 2.29 bits per heavy atom. The smallest absolute Gasteiger partial charge is 0.235 e. The van der Waals surface area contributed by atoms with Gasteiger partial charge in [-0.3, -0.25) is 4.79 Å². The van der Waals surface area contributed by atoms with Crippen LogP contribution in [0.1, 0.15) is 33.1 Å². The normalized spacial score (nSPS) is 24.2. The summed E-state index contributed by atoms with van der Waals surface area (Å²) < 4.78 is 5.32. The maximum Gasteiger partial charge on any atom is 0.235 e. The molecule has 1 aliphatic rings. The summed E-state index contributed by atoms with van der Waals surface area (Å²) in [6, 6.07) is 0. The maximum absolute atomic E-state index is 12.5. The third-order valence-electron chi connectivity index (χ3n) is 3.72. The zero-order valence-electron chi connectivity index (χ0n) is 10.9. The van der Waals surface area contributed by atoms with E-state index in [1.54, 1.807) is 7.11 Å². The van der Waals surface area contributed by atoms with E-state index in [1.807, 2.05) is 18.7 Å². The van der Waals surface area contributed by atoms with Gasteiger partial charge in [-0.1, -0.05) is 19.1 Å². The molecule has 1 amide bonds. The van der Waals surface area contributed by atoms with E-state index >= 15 is 0 Å². The van der Waals surface area contributed by atoms with Crippen LogP contribution < -0.4 is 5.73 Å². The summed E-state index contributed by atoms with van der Waals surface area (Å²) in [5.74, 6) is 0.0363. The first-order chi connectivity index (χ1) is 7.95. The van der Waals surface area contributed by atoms with Gasteiger partial charge in [0.25, 0.3) is 0 Å². The fraction of sp³-hybridized carbons (Fsp3) is 0.833. The highest BCUT2D eigenvalue weighted by molar-refractivity contribution is 7.80. The van der Waals surface area contributed by atoms with E-state index in [0.717, 1.165) is 19.4 Å². The van der Waals surface area contributed by atoms with Crippen molar-refractivity contribution in [2.45, 2.75) is 39.2 Å². The van der Waals surface area contributed by atoms with Gasteiger partial charge in [-0.15, -0.1) is 0 Å². The van der Waals surface area contributed by atoms with Gasteiger partial charge in [0, 0.05) is 20.2 Å². The molecule has 0 aromatic rings. The predicted molar refractivity (Wildman–Crippen MR) is 71.8 cm³/mol. The second-order valence-electron chi connectivity index (χ2n) is 4.80. The molecule has 1 heterocycles. The second-order valence-corrected chi connectivity index (χ2v) is 5.24. The van der Waals surface area contributed by atoms with Crippen molar-refractivity contribution in [3.63, 3.8) is 0 Å². The molecule has 1 saturated heterocycles. The van der Waals surface area contributed by atoms with E-state index in [4.69, 9.17) is 22.7 Å². The van der Waals surface area contributed by atoms with Crippen molar-refractivity contribution < 1.29 is 9.53 Å². The van der Waals surface area contributed by atoms with E-state index in [1.165, 1.54) is 0 Å². The molecule has 0 bridgehead atoms. The fourth-order valence-electron chi connectivity index (χ4n) is 2.09. The number of carbonyl (C=O) groups is 1. The minimum absolute atomic E-state index is 0.0363. The molecule has 2 N–H and O–H groups in total. The maximum atomic E-state index is 12.5. The number of rotatable bonds is 4. The summed E-state index contributed by atoms with van der Waals surface area (Å²) in [7, 11) is 1.69. The number of thiocarbonyl (C=S) groups is 1. The number of carbonyl (C=O) groups excluding carboxylic acids is 1. The highest BCUT2D eigenvalue weighted by atomic mass is 32.1. The third-order valence-corrected chi connectivity index (χ3v) is 4.17. The topological polar surface area (TPSA) is 55.6 Å². The average molecular weight is 258 g/mol. The predicted octanol–water partition coefficient (Wildman–Crippen LogP) is 1.33. The monoisotopic (exact) mass is 258 g/mol. The Hall–Kier alpha value is -0.680. The summed E-state index contributed by atoms with van der Waals surface area (Å²) in [5.41, 5.74) is 4.99. The molecule has 1 aliphatic heterocycles. The van der Waals surface area contributed by atoms with Gasteiger partial charge in [0.1, 0.15) is 0 Å². The van der Waals surface area contributed by atoms with Gasteiger partial charge < -0.3 is 15.4 Å². The van der Waals surface area contributed by atoms with E-state index in [-0.39, 0.29) is 17.0 Å². The molecule has 2 unspecified atom stereocenters. The van der Waals surface area contributed by atoms with Crippen molar-refractivity contribution >= 4 is 23.1 Å². The summed E-state index contributed by atoms with van der Waals surface area (Å²) >= 11 is 5.03. The minimum atomic E-state index is -0.717. The SMILES string of the molecule is CCC(C)(C(=O)N1CCCC(OC)C1)C(N)=S. The first kappa shape index (κ1) is 14.4. The Bertz CT molecular complexity index is 309. The van der Waals surface area contributed by atoms with E-state index in [2.05, 4.69) is 0 Å². The molecular formula is C12H22N2O2S. The lowest BCUT2D eigenvalue weighted by atomic mass is 9.85. The van der Waals surface area contributed by atoms with Gasteiger partial charge in [-0.2, -0.15) is 0 Å². The summed E-state index contributed by atoms with van der Waals surface area (Å²) in [5, 5.41) is 0. The Balaban J connectivity index is 2.78. The number of piperidine rings is 1. The molecule has 0 aliphatic carbocycles. The Kier molecular flexibility index (Phi) is 4.89. The van der Waals surface area contributed by atoms with Crippen LogP contribution in [0.25, 0.3) is 0 Å². The van der Waals surface area contributed by atoms with E-state index in [9.17, 15) is 4.79 Å². The van der Waals surface area contributed by atoms with Gasteiger partial charge in [-0.05, 0) is 26.2 Å². The van der Waals surface area contributed by atoms with Crippen LogP contribution in [-0.2, 0) is 9.53 Å². The number of hydrogen-bond acceptors (Lipinski definition) is 3. The van der Waals surface area contributed by atoms with Gasteiger partial charge in [0.15, 0.2) is 0 Å². The van der Waals surface area contributed by atoms with Crippen molar-refractivity contribution in [3.05, 3.63) is 0 Å². The molecule has 17 heavy (non-hydrogen) atoms. The van der Waals surface area contributed by atoms with Crippen LogP contribution in [0, 0.1) is 5.41 Å². The van der Waals surface area contributed by atoms with Gasteiger partial charge in [-0.25, -0.2) is 0 Å². The third kappa shape index (κ3) is 2.96. The summed E-state index contributed by atoms with van der Waals surface area (Å²) in [6.45, 7) is 5.19. The van der Waals surface area contributed by atoms with Gasteiger partial charge >= 0.3 is 0 Å². The number of nitrogens with two attached hydrogens (primary N) is 1. The van der Waals surface area contributed by atoms with Crippen LogP contribution in [0.15, 0.2) is 0 Å². The molecular weight excluding hydrogens is 236 g/mol. The van der Waals surface area contributed by atoms with Crippen molar-refractivity contribution in [1.82, 2.24) is 4.90 Å². The van der Waals surface area contributed by atoms with Crippen LogP contribution in [-0.4, -0.2) is 42.1 Å². The molecule has 5 heteroatoms. The molecule has 0 radical (unpaired) electrons. The molecule has 0 aromatic carbocycles. The number of amides is 1. The molecule has 4 nitrogen and oxygen atoms in total. The van der Waals surface area contributed by atoms with Crippen molar-refractivity contribution in [1.29, 1.82) is 0 Å². The first-order valence-electron chi connectivity index (χ1n) is 6.07. The van der Waals surface area contributed by atoms with Crippen molar-refractivity contribution in [3.8, 4) is 0 Å². The Morgan fingerprint density at radius 3 is 2.76 bits per heavy atom. The minimum Gasteiger partial charge on any atom is -0.392 e.